The third-order valence-electron chi connectivity index (χ3n) is 3.34. The first-order valence-corrected chi connectivity index (χ1v) is 7.17. The second-order valence-corrected chi connectivity index (χ2v) is 5.64. The molecule has 1 heterocycles. The maximum Gasteiger partial charge on any atom is 0.308 e. The van der Waals surface area contributed by atoms with Gasteiger partial charge in [-0.3, -0.25) is 9.59 Å². The second-order valence-electron chi connectivity index (χ2n) is 5.64. The van der Waals surface area contributed by atoms with E-state index in [4.69, 9.17) is 14.2 Å². The van der Waals surface area contributed by atoms with E-state index in [9.17, 15) is 9.59 Å². The van der Waals surface area contributed by atoms with E-state index in [-0.39, 0.29) is 5.91 Å². The average molecular weight is 307 g/mol. The van der Waals surface area contributed by atoms with Crippen molar-refractivity contribution in [3.05, 3.63) is 18.2 Å². The molecule has 0 aromatic heterocycles. The zero-order chi connectivity index (χ0) is 16.3. The minimum Gasteiger partial charge on any atom is -0.476 e. The molecule has 1 aliphatic heterocycles. The summed E-state index contributed by atoms with van der Waals surface area (Å²) < 4.78 is 15.9. The van der Waals surface area contributed by atoms with Crippen molar-refractivity contribution in [1.29, 1.82) is 0 Å². The number of carbonyl (C=O) groups excluding carboxylic acids is 2. The van der Waals surface area contributed by atoms with Gasteiger partial charge in [-0.25, -0.2) is 0 Å². The largest absolute Gasteiger partial charge is 0.476 e. The van der Waals surface area contributed by atoms with Crippen LogP contribution in [-0.2, 0) is 14.3 Å². The fourth-order valence-corrected chi connectivity index (χ4v) is 2.37. The van der Waals surface area contributed by atoms with E-state index in [0.717, 1.165) is 0 Å². The van der Waals surface area contributed by atoms with Crippen LogP contribution >= 0.6 is 0 Å². The molecular weight excluding hydrogens is 286 g/mol. The molecule has 1 aromatic rings. The van der Waals surface area contributed by atoms with Crippen LogP contribution in [0.15, 0.2) is 18.2 Å². The summed E-state index contributed by atoms with van der Waals surface area (Å²) in [5, 5.41) is 0. The summed E-state index contributed by atoms with van der Waals surface area (Å²) in [6.07, 6.45) is 0.704. The van der Waals surface area contributed by atoms with Crippen LogP contribution in [0.3, 0.4) is 0 Å². The van der Waals surface area contributed by atoms with Crippen LogP contribution in [0, 0.1) is 0 Å². The Bertz CT molecular complexity index is 582. The molecule has 2 rings (SSSR count). The first-order valence-electron chi connectivity index (χ1n) is 7.17. The molecule has 0 unspecified atom stereocenters. The molecule has 0 fully saturated rings. The number of methoxy groups -OCH3 is 1. The molecule has 0 aliphatic carbocycles. The molecule has 120 valence electrons. The molecular formula is C16H21NO5. The normalized spacial score (nSPS) is 16.0. The number of carbonyl (C=O) groups is 2. The van der Waals surface area contributed by atoms with Crippen molar-refractivity contribution in [2.45, 2.75) is 32.8 Å². The molecule has 0 bridgehead atoms. The summed E-state index contributed by atoms with van der Waals surface area (Å²) in [6.45, 7) is 5.88. The van der Waals surface area contributed by atoms with Gasteiger partial charge in [-0.1, -0.05) is 0 Å². The van der Waals surface area contributed by atoms with E-state index >= 15 is 0 Å². The van der Waals surface area contributed by atoms with Gasteiger partial charge >= 0.3 is 5.97 Å². The highest BCUT2D eigenvalue weighted by molar-refractivity contribution is 6.02. The van der Waals surface area contributed by atoms with Crippen LogP contribution in [0.1, 0.15) is 27.2 Å². The number of rotatable bonds is 5. The Morgan fingerprint density at radius 3 is 2.73 bits per heavy atom. The number of benzene rings is 1. The van der Waals surface area contributed by atoms with Crippen LogP contribution in [0.2, 0.25) is 0 Å². The number of anilines is 1. The van der Waals surface area contributed by atoms with Crippen molar-refractivity contribution in [3.63, 3.8) is 0 Å². The molecule has 6 nitrogen and oxygen atoms in total. The van der Waals surface area contributed by atoms with E-state index in [1.807, 2.05) is 0 Å². The number of amides is 1. The molecule has 0 radical (unpaired) electrons. The van der Waals surface area contributed by atoms with E-state index in [1.54, 1.807) is 44.1 Å². The standard InChI is InChI=1S/C16H21NO5/c1-11(18)21-12-6-7-14-13(10-12)17(8-5-9-20-4)15(19)16(2,3)22-14/h6-7,10H,5,8-9H2,1-4H3. The average Bonchev–Trinajstić information content (AvgIpc) is 2.43. The molecule has 0 saturated carbocycles. The Morgan fingerprint density at radius 1 is 1.36 bits per heavy atom. The first-order chi connectivity index (χ1) is 10.3. The topological polar surface area (TPSA) is 65.1 Å². The van der Waals surface area contributed by atoms with Crippen molar-refractivity contribution >= 4 is 17.6 Å². The Morgan fingerprint density at radius 2 is 2.09 bits per heavy atom. The summed E-state index contributed by atoms with van der Waals surface area (Å²) in [4.78, 5) is 25.3. The molecule has 0 saturated heterocycles. The summed E-state index contributed by atoms with van der Waals surface area (Å²) in [5.41, 5.74) is -0.317. The highest BCUT2D eigenvalue weighted by Gasteiger charge is 2.40. The van der Waals surface area contributed by atoms with Gasteiger partial charge in [0, 0.05) is 33.3 Å². The quantitative estimate of drug-likeness (QED) is 0.474. The van der Waals surface area contributed by atoms with E-state index < -0.39 is 11.6 Å². The van der Waals surface area contributed by atoms with Gasteiger partial charge in [0.15, 0.2) is 5.60 Å². The summed E-state index contributed by atoms with van der Waals surface area (Å²) >= 11 is 0. The lowest BCUT2D eigenvalue weighted by atomic mass is 10.0. The van der Waals surface area contributed by atoms with Gasteiger partial charge in [-0.05, 0) is 32.4 Å². The number of esters is 1. The van der Waals surface area contributed by atoms with E-state index in [0.29, 0.717) is 36.8 Å². The Hall–Kier alpha value is -2.08. The molecule has 0 spiro atoms. The van der Waals surface area contributed by atoms with Crippen LogP contribution < -0.4 is 14.4 Å². The summed E-state index contributed by atoms with van der Waals surface area (Å²) in [7, 11) is 1.62. The minimum absolute atomic E-state index is 0.129. The number of ether oxygens (including phenoxy) is 3. The Kier molecular flexibility index (Phi) is 4.71. The monoisotopic (exact) mass is 307 g/mol. The fraction of sp³-hybridized carbons (Fsp3) is 0.500. The predicted molar refractivity (Wildman–Crippen MR) is 81.3 cm³/mol. The van der Waals surface area contributed by atoms with Crippen LogP contribution in [0.4, 0.5) is 5.69 Å². The van der Waals surface area contributed by atoms with Crippen LogP contribution in [0.5, 0.6) is 11.5 Å². The lowest BCUT2D eigenvalue weighted by molar-refractivity contribution is -0.132. The van der Waals surface area contributed by atoms with Gasteiger partial charge in [0.05, 0.1) is 5.69 Å². The SMILES string of the molecule is COCCCN1C(=O)C(C)(C)Oc2ccc(OC(C)=O)cc21. The van der Waals surface area contributed by atoms with Gasteiger partial charge in [-0.2, -0.15) is 0 Å². The van der Waals surface area contributed by atoms with Crippen molar-refractivity contribution in [2.24, 2.45) is 0 Å². The third-order valence-corrected chi connectivity index (χ3v) is 3.34. The highest BCUT2D eigenvalue weighted by Crippen LogP contribution is 2.40. The van der Waals surface area contributed by atoms with Gasteiger partial charge in [0.25, 0.3) is 5.91 Å². The van der Waals surface area contributed by atoms with Crippen molar-refractivity contribution in [1.82, 2.24) is 0 Å². The smallest absolute Gasteiger partial charge is 0.308 e. The molecule has 22 heavy (non-hydrogen) atoms. The van der Waals surface area contributed by atoms with Crippen molar-refractivity contribution in [3.8, 4) is 11.5 Å². The van der Waals surface area contributed by atoms with E-state index in [1.165, 1.54) is 6.92 Å². The highest BCUT2D eigenvalue weighted by atomic mass is 16.5. The fourth-order valence-electron chi connectivity index (χ4n) is 2.37. The number of fused-ring (bicyclic) bond motifs is 1. The number of hydrogen-bond acceptors (Lipinski definition) is 5. The summed E-state index contributed by atoms with van der Waals surface area (Å²) in [6, 6.07) is 5.02. The number of nitrogens with zero attached hydrogens (tertiary/aromatic N) is 1. The van der Waals surface area contributed by atoms with Gasteiger partial charge < -0.3 is 19.1 Å². The lowest BCUT2D eigenvalue weighted by Crippen LogP contribution is -2.52. The van der Waals surface area contributed by atoms with Gasteiger partial charge in [0.2, 0.25) is 0 Å². The maximum atomic E-state index is 12.6. The van der Waals surface area contributed by atoms with Gasteiger partial charge in [-0.15, -0.1) is 0 Å². The minimum atomic E-state index is -0.928. The molecule has 1 aliphatic rings. The maximum absolute atomic E-state index is 12.6. The second kappa shape index (κ2) is 6.36. The molecule has 1 aromatic carbocycles. The molecule has 0 N–H and O–H groups in total. The van der Waals surface area contributed by atoms with Crippen LogP contribution in [-0.4, -0.2) is 37.7 Å². The molecule has 1 amide bonds. The number of hydrogen-bond donors (Lipinski definition) is 0. The lowest BCUT2D eigenvalue weighted by Gasteiger charge is -2.38. The van der Waals surface area contributed by atoms with E-state index in [2.05, 4.69) is 0 Å². The van der Waals surface area contributed by atoms with Crippen LogP contribution in [0.25, 0.3) is 0 Å². The molecule has 6 heteroatoms. The zero-order valence-electron chi connectivity index (χ0n) is 13.3. The Balaban J connectivity index is 2.35. The van der Waals surface area contributed by atoms with Crippen molar-refractivity contribution < 1.29 is 23.8 Å². The predicted octanol–water partition coefficient (Wildman–Crippen LogP) is 2.15. The Labute approximate surface area is 129 Å². The van der Waals surface area contributed by atoms with Gasteiger partial charge in [0.1, 0.15) is 11.5 Å². The zero-order valence-corrected chi connectivity index (χ0v) is 13.3. The summed E-state index contributed by atoms with van der Waals surface area (Å²) in [5.74, 6) is 0.447. The third kappa shape index (κ3) is 3.39. The molecule has 0 atom stereocenters. The first kappa shape index (κ1) is 16.3. The van der Waals surface area contributed by atoms with Crippen molar-refractivity contribution in [2.75, 3.05) is 25.2 Å².